The molecule has 5 atom stereocenters. The van der Waals surface area contributed by atoms with Crippen LogP contribution in [0.3, 0.4) is 0 Å². The number of carboxylic acid groups (broad SMARTS) is 1. The summed E-state index contributed by atoms with van der Waals surface area (Å²) in [5, 5.41) is 38.5. The molecule has 168 valence electrons. The topological polar surface area (TPSA) is 160 Å². The molecule has 2 aromatic rings. The lowest BCUT2D eigenvalue weighted by atomic mass is 9.97. The van der Waals surface area contributed by atoms with Crippen molar-refractivity contribution in [3.05, 3.63) is 64.7 Å². The van der Waals surface area contributed by atoms with E-state index in [1.807, 2.05) is 0 Å². The summed E-state index contributed by atoms with van der Waals surface area (Å²) in [5.74, 6) is -2.40. The van der Waals surface area contributed by atoms with Crippen molar-refractivity contribution in [3.8, 4) is 5.75 Å². The van der Waals surface area contributed by atoms with Crippen LogP contribution < -0.4 is 4.74 Å². The summed E-state index contributed by atoms with van der Waals surface area (Å²) < 4.78 is 15.5. The van der Waals surface area contributed by atoms with Crippen molar-refractivity contribution < 1.29 is 49.0 Å². The average Bonchev–Trinajstić information content (AvgIpc) is 2.91. The second-order valence-electron chi connectivity index (χ2n) is 7.50. The van der Waals surface area contributed by atoms with Crippen LogP contribution in [-0.2, 0) is 32.1 Å². The van der Waals surface area contributed by atoms with E-state index in [9.17, 15) is 34.8 Å². The SMILES string of the molecule is O=C(Cc1ccc2c(c1)C(=O)c1ccccc1CO2)O[C@H]1[C@H](O)[C@@H](O)[C@H](O)O[C@@H]1C(=O)O. The van der Waals surface area contributed by atoms with Gasteiger partial charge in [-0.15, -0.1) is 0 Å². The molecule has 0 amide bonds. The molecular weight excluding hydrogens is 424 g/mol. The monoisotopic (exact) mass is 444 g/mol. The minimum Gasteiger partial charge on any atom is -0.488 e. The van der Waals surface area contributed by atoms with E-state index in [2.05, 4.69) is 0 Å². The molecule has 2 aromatic carbocycles. The first kappa shape index (κ1) is 21.9. The Bertz CT molecular complexity index is 1060. The third kappa shape index (κ3) is 4.08. The van der Waals surface area contributed by atoms with E-state index in [4.69, 9.17) is 14.2 Å². The number of rotatable bonds is 4. The molecule has 0 aliphatic carbocycles. The van der Waals surface area contributed by atoms with Crippen molar-refractivity contribution >= 4 is 17.7 Å². The molecule has 0 aromatic heterocycles. The third-order valence-electron chi connectivity index (χ3n) is 5.36. The Morgan fingerprint density at radius 1 is 1.03 bits per heavy atom. The van der Waals surface area contributed by atoms with Gasteiger partial charge in [0.1, 0.15) is 24.6 Å². The van der Waals surface area contributed by atoms with Gasteiger partial charge in [0, 0.05) is 11.1 Å². The maximum atomic E-state index is 12.9. The van der Waals surface area contributed by atoms with Crippen LogP contribution >= 0.6 is 0 Å². The van der Waals surface area contributed by atoms with E-state index in [1.165, 1.54) is 6.07 Å². The molecule has 2 aliphatic rings. The number of carbonyl (C=O) groups is 3. The predicted molar refractivity (Wildman–Crippen MR) is 105 cm³/mol. The van der Waals surface area contributed by atoms with E-state index >= 15 is 0 Å². The van der Waals surface area contributed by atoms with Gasteiger partial charge in [0.2, 0.25) is 0 Å². The summed E-state index contributed by atoms with van der Waals surface area (Å²) >= 11 is 0. The zero-order valence-corrected chi connectivity index (χ0v) is 16.6. The molecule has 0 saturated carbocycles. The quantitative estimate of drug-likeness (QED) is 0.465. The maximum Gasteiger partial charge on any atom is 0.336 e. The summed E-state index contributed by atoms with van der Waals surface area (Å²) in [7, 11) is 0. The van der Waals surface area contributed by atoms with E-state index in [1.54, 1.807) is 36.4 Å². The number of aliphatic hydroxyl groups is 3. The largest absolute Gasteiger partial charge is 0.488 e. The first-order valence-electron chi connectivity index (χ1n) is 9.76. The van der Waals surface area contributed by atoms with Gasteiger partial charge < -0.3 is 34.6 Å². The number of aliphatic carboxylic acids is 1. The van der Waals surface area contributed by atoms with E-state index < -0.39 is 42.6 Å². The van der Waals surface area contributed by atoms with Gasteiger partial charge in [-0.2, -0.15) is 0 Å². The van der Waals surface area contributed by atoms with Gasteiger partial charge in [-0.3, -0.25) is 9.59 Å². The molecule has 32 heavy (non-hydrogen) atoms. The van der Waals surface area contributed by atoms with Crippen molar-refractivity contribution in [2.75, 3.05) is 0 Å². The van der Waals surface area contributed by atoms with Crippen molar-refractivity contribution in [1.82, 2.24) is 0 Å². The highest BCUT2D eigenvalue weighted by atomic mass is 16.7. The minimum absolute atomic E-state index is 0.223. The van der Waals surface area contributed by atoms with Crippen LogP contribution in [0.1, 0.15) is 27.0 Å². The van der Waals surface area contributed by atoms with Crippen LogP contribution in [0, 0.1) is 0 Å². The van der Waals surface area contributed by atoms with Gasteiger partial charge in [-0.05, 0) is 17.7 Å². The smallest absolute Gasteiger partial charge is 0.336 e. The van der Waals surface area contributed by atoms with Crippen LogP contribution in [0.15, 0.2) is 42.5 Å². The minimum atomic E-state index is -1.94. The number of fused-ring (bicyclic) bond motifs is 2. The molecule has 1 fully saturated rings. The molecule has 10 heteroatoms. The van der Waals surface area contributed by atoms with Crippen LogP contribution in [0.5, 0.6) is 5.75 Å². The number of esters is 1. The fourth-order valence-electron chi connectivity index (χ4n) is 3.70. The van der Waals surface area contributed by atoms with Crippen LogP contribution in [0.4, 0.5) is 0 Å². The second kappa shape index (κ2) is 8.67. The zero-order chi connectivity index (χ0) is 23.0. The lowest BCUT2D eigenvalue weighted by molar-refractivity contribution is -0.283. The molecule has 0 unspecified atom stereocenters. The summed E-state index contributed by atoms with van der Waals surface area (Å²) in [6.07, 6.45) is -9.63. The number of aliphatic hydroxyl groups excluding tert-OH is 3. The molecule has 0 bridgehead atoms. The fourth-order valence-corrected chi connectivity index (χ4v) is 3.70. The number of benzene rings is 2. The van der Waals surface area contributed by atoms with E-state index in [-0.39, 0.29) is 24.4 Å². The number of carboxylic acids is 1. The summed E-state index contributed by atoms with van der Waals surface area (Å²) in [6.45, 7) is 0.223. The Morgan fingerprint density at radius 2 is 1.78 bits per heavy atom. The lowest BCUT2D eigenvalue weighted by Crippen LogP contribution is -2.61. The van der Waals surface area contributed by atoms with Gasteiger partial charge >= 0.3 is 11.9 Å². The van der Waals surface area contributed by atoms with Gasteiger partial charge in [-0.1, -0.05) is 30.3 Å². The zero-order valence-electron chi connectivity index (χ0n) is 16.6. The molecule has 4 rings (SSSR count). The molecule has 2 aliphatic heterocycles. The normalized spacial score (nSPS) is 26.8. The second-order valence-corrected chi connectivity index (χ2v) is 7.50. The highest BCUT2D eigenvalue weighted by molar-refractivity contribution is 6.12. The Labute approximate surface area is 181 Å². The highest BCUT2D eigenvalue weighted by Gasteiger charge is 2.49. The van der Waals surface area contributed by atoms with E-state index in [0.717, 1.165) is 5.56 Å². The number of ether oxygens (including phenoxy) is 3. The number of ketones is 1. The Kier molecular flexibility index (Phi) is 5.94. The van der Waals surface area contributed by atoms with Crippen molar-refractivity contribution in [3.63, 3.8) is 0 Å². The number of hydrogen-bond acceptors (Lipinski definition) is 9. The summed E-state index contributed by atoms with van der Waals surface area (Å²) in [5.41, 5.74) is 1.89. The van der Waals surface area contributed by atoms with Crippen molar-refractivity contribution in [2.45, 2.75) is 43.7 Å². The standard InChI is InChI=1S/C22H20O10/c23-15(31-19-17(25)18(26)22(29)32-20(19)21(27)28)8-10-5-6-14-13(7-10)16(24)12-4-2-1-3-11(12)9-30-14/h1-7,17-20,22,25-26,29H,8-9H2,(H,27,28)/t17-,18-,19+,20+,22-/m1/s1. The molecule has 4 N–H and O–H groups in total. The molecule has 1 saturated heterocycles. The number of hydrogen-bond donors (Lipinski definition) is 4. The Balaban J connectivity index is 1.52. The molecule has 2 heterocycles. The van der Waals surface area contributed by atoms with E-state index in [0.29, 0.717) is 16.9 Å². The molecule has 0 spiro atoms. The first-order valence-corrected chi connectivity index (χ1v) is 9.76. The van der Waals surface area contributed by atoms with Crippen molar-refractivity contribution in [2.24, 2.45) is 0 Å². The van der Waals surface area contributed by atoms with Gasteiger partial charge in [-0.25, -0.2) is 4.79 Å². The summed E-state index contributed by atoms with van der Waals surface area (Å²) in [4.78, 5) is 36.8. The maximum absolute atomic E-state index is 12.9. The summed E-state index contributed by atoms with van der Waals surface area (Å²) in [6, 6.07) is 11.6. The molecular formula is C22H20O10. The molecule has 0 radical (unpaired) electrons. The third-order valence-corrected chi connectivity index (χ3v) is 5.36. The van der Waals surface area contributed by atoms with Crippen LogP contribution in [0.25, 0.3) is 0 Å². The van der Waals surface area contributed by atoms with Gasteiger partial charge in [0.15, 0.2) is 24.3 Å². The van der Waals surface area contributed by atoms with Crippen LogP contribution in [0.2, 0.25) is 0 Å². The lowest BCUT2D eigenvalue weighted by Gasteiger charge is -2.38. The molecule has 10 nitrogen and oxygen atoms in total. The predicted octanol–water partition coefficient (Wildman–Crippen LogP) is -0.212. The highest BCUT2D eigenvalue weighted by Crippen LogP contribution is 2.30. The van der Waals surface area contributed by atoms with Gasteiger partial charge in [0.05, 0.1) is 12.0 Å². The fraction of sp³-hybridized carbons (Fsp3) is 0.318. The Hall–Kier alpha value is -3.31. The van der Waals surface area contributed by atoms with Crippen molar-refractivity contribution in [1.29, 1.82) is 0 Å². The first-order chi connectivity index (χ1) is 15.3. The van der Waals surface area contributed by atoms with Gasteiger partial charge in [0.25, 0.3) is 0 Å². The average molecular weight is 444 g/mol. The van der Waals surface area contributed by atoms with Crippen LogP contribution in [-0.4, -0.2) is 68.9 Å². The Morgan fingerprint density at radius 3 is 2.53 bits per heavy atom. The number of carbonyl (C=O) groups excluding carboxylic acids is 2.